The number of nitrogens with zero attached hydrogens (tertiary/aromatic N) is 1. The first-order valence-corrected chi connectivity index (χ1v) is 4.23. The molecule has 0 aliphatic rings. The number of halogens is 3. The van der Waals surface area contributed by atoms with Gasteiger partial charge in [0.15, 0.2) is 5.75 Å². The predicted octanol–water partition coefficient (Wildman–Crippen LogP) is 2.87. The van der Waals surface area contributed by atoms with Gasteiger partial charge in [-0.3, -0.25) is 0 Å². The monoisotopic (exact) mass is 233 g/mol. The van der Waals surface area contributed by atoms with Gasteiger partial charge in [0.25, 0.3) is 0 Å². The van der Waals surface area contributed by atoms with E-state index in [0.29, 0.717) is 0 Å². The molecule has 0 heterocycles. The topological polar surface area (TPSA) is 33.0 Å². The molecule has 0 spiro atoms. The molecule has 0 aliphatic heterocycles. The van der Waals surface area contributed by atoms with Crippen LogP contribution in [0.25, 0.3) is 0 Å². The lowest BCUT2D eigenvalue weighted by molar-refractivity contribution is -0.139. The van der Waals surface area contributed by atoms with E-state index in [1.54, 1.807) is 6.07 Å². The van der Waals surface area contributed by atoms with Crippen LogP contribution in [0.4, 0.5) is 13.2 Å². The van der Waals surface area contributed by atoms with Gasteiger partial charge in [0.05, 0.1) is 23.1 Å². The van der Waals surface area contributed by atoms with Gasteiger partial charge in [-0.2, -0.15) is 18.4 Å². The number of methoxy groups -OCH3 is 1. The second kappa shape index (κ2) is 4.03. The SMILES string of the molecule is COc1c(C#N)ccc(C(F)(F)F)c1S. The van der Waals surface area contributed by atoms with Gasteiger partial charge in [0.2, 0.25) is 0 Å². The average molecular weight is 233 g/mol. The second-order valence-electron chi connectivity index (χ2n) is 2.65. The van der Waals surface area contributed by atoms with Gasteiger partial charge in [-0.25, -0.2) is 0 Å². The van der Waals surface area contributed by atoms with Crippen LogP contribution in [0.3, 0.4) is 0 Å². The molecule has 0 fully saturated rings. The molecule has 0 saturated carbocycles. The fraction of sp³-hybridized carbons (Fsp3) is 0.222. The predicted molar refractivity (Wildman–Crippen MR) is 50.0 cm³/mol. The molecule has 0 unspecified atom stereocenters. The lowest BCUT2D eigenvalue weighted by atomic mass is 10.1. The van der Waals surface area contributed by atoms with Crippen LogP contribution in [0.15, 0.2) is 17.0 Å². The number of benzene rings is 1. The second-order valence-corrected chi connectivity index (χ2v) is 3.10. The van der Waals surface area contributed by atoms with Crippen LogP contribution in [0.1, 0.15) is 11.1 Å². The maximum atomic E-state index is 12.4. The van der Waals surface area contributed by atoms with Crippen molar-refractivity contribution in [1.82, 2.24) is 0 Å². The van der Waals surface area contributed by atoms with Crippen molar-refractivity contribution < 1.29 is 17.9 Å². The molecular weight excluding hydrogens is 227 g/mol. The van der Waals surface area contributed by atoms with Gasteiger partial charge in [-0.15, -0.1) is 12.6 Å². The molecule has 0 atom stereocenters. The number of nitriles is 1. The molecule has 80 valence electrons. The standard InChI is InChI=1S/C9H6F3NOS/c1-14-7-5(4-13)2-3-6(8(7)15)9(10,11)12/h2-3,15H,1H3. The third kappa shape index (κ3) is 2.18. The van der Waals surface area contributed by atoms with Crippen LogP contribution < -0.4 is 4.74 Å². The van der Waals surface area contributed by atoms with E-state index in [9.17, 15) is 13.2 Å². The van der Waals surface area contributed by atoms with Crippen LogP contribution in [-0.4, -0.2) is 7.11 Å². The van der Waals surface area contributed by atoms with Crippen molar-refractivity contribution in [3.63, 3.8) is 0 Å². The van der Waals surface area contributed by atoms with Crippen molar-refractivity contribution in [2.45, 2.75) is 11.1 Å². The van der Waals surface area contributed by atoms with Crippen molar-refractivity contribution in [2.75, 3.05) is 7.11 Å². The van der Waals surface area contributed by atoms with Crippen LogP contribution >= 0.6 is 12.6 Å². The van der Waals surface area contributed by atoms with Crippen LogP contribution in [0.5, 0.6) is 5.75 Å². The molecule has 0 aliphatic carbocycles. The highest BCUT2D eigenvalue weighted by atomic mass is 32.1. The summed E-state index contributed by atoms with van der Waals surface area (Å²) in [6.45, 7) is 0. The minimum absolute atomic E-state index is 0.0236. The number of ether oxygens (including phenoxy) is 1. The third-order valence-electron chi connectivity index (χ3n) is 1.76. The zero-order chi connectivity index (χ0) is 11.6. The Morgan fingerprint density at radius 1 is 1.40 bits per heavy atom. The van der Waals surface area contributed by atoms with E-state index in [1.165, 1.54) is 7.11 Å². The quantitative estimate of drug-likeness (QED) is 0.756. The maximum Gasteiger partial charge on any atom is 0.417 e. The highest BCUT2D eigenvalue weighted by molar-refractivity contribution is 7.80. The fourth-order valence-electron chi connectivity index (χ4n) is 1.09. The molecule has 1 rings (SSSR count). The van der Waals surface area contributed by atoms with Crippen molar-refractivity contribution >= 4 is 12.6 Å². The normalized spacial score (nSPS) is 10.9. The molecule has 15 heavy (non-hydrogen) atoms. The smallest absolute Gasteiger partial charge is 0.417 e. The molecule has 0 radical (unpaired) electrons. The van der Waals surface area contributed by atoms with E-state index in [1.807, 2.05) is 0 Å². The molecular formula is C9H6F3NOS. The van der Waals surface area contributed by atoms with Crippen molar-refractivity contribution in [2.24, 2.45) is 0 Å². The lowest BCUT2D eigenvalue weighted by Gasteiger charge is -2.13. The van der Waals surface area contributed by atoms with Gasteiger partial charge in [0.1, 0.15) is 6.07 Å². The summed E-state index contributed by atoms with van der Waals surface area (Å²) in [4.78, 5) is -0.371. The van der Waals surface area contributed by atoms with E-state index in [4.69, 9.17) is 10.00 Å². The number of thiol groups is 1. The summed E-state index contributed by atoms with van der Waals surface area (Å²) in [5.41, 5.74) is -0.891. The molecule has 0 saturated heterocycles. The molecule has 6 heteroatoms. The van der Waals surface area contributed by atoms with E-state index in [0.717, 1.165) is 12.1 Å². The summed E-state index contributed by atoms with van der Waals surface area (Å²) in [5.74, 6) is -0.157. The summed E-state index contributed by atoms with van der Waals surface area (Å²) in [6, 6.07) is 3.59. The zero-order valence-electron chi connectivity index (χ0n) is 7.59. The molecule has 1 aromatic rings. The first-order valence-electron chi connectivity index (χ1n) is 3.79. The summed E-state index contributed by atoms with van der Waals surface area (Å²) in [7, 11) is 1.19. The van der Waals surface area contributed by atoms with E-state index in [-0.39, 0.29) is 16.2 Å². The Balaban J connectivity index is 3.44. The van der Waals surface area contributed by atoms with Gasteiger partial charge in [-0.1, -0.05) is 0 Å². The van der Waals surface area contributed by atoms with Gasteiger partial charge < -0.3 is 4.74 Å². The molecule has 2 nitrogen and oxygen atoms in total. The third-order valence-corrected chi connectivity index (χ3v) is 2.21. The first kappa shape index (κ1) is 11.7. The molecule has 0 aromatic heterocycles. The Kier molecular flexibility index (Phi) is 3.15. The van der Waals surface area contributed by atoms with E-state index in [2.05, 4.69) is 12.6 Å². The van der Waals surface area contributed by atoms with Gasteiger partial charge >= 0.3 is 6.18 Å². The Morgan fingerprint density at radius 2 is 2.00 bits per heavy atom. The number of hydrogen-bond acceptors (Lipinski definition) is 3. The first-order chi connectivity index (χ1) is 6.91. The maximum absolute atomic E-state index is 12.4. The summed E-state index contributed by atoms with van der Waals surface area (Å²) in [5, 5.41) is 8.62. The highest BCUT2D eigenvalue weighted by Crippen LogP contribution is 2.39. The number of hydrogen-bond donors (Lipinski definition) is 1. The number of alkyl halides is 3. The number of rotatable bonds is 1. The van der Waals surface area contributed by atoms with Crippen molar-refractivity contribution in [3.05, 3.63) is 23.3 Å². The Hall–Kier alpha value is -1.35. The zero-order valence-corrected chi connectivity index (χ0v) is 8.49. The minimum Gasteiger partial charge on any atom is -0.494 e. The lowest BCUT2D eigenvalue weighted by Crippen LogP contribution is -2.07. The molecule has 0 amide bonds. The molecule has 1 aromatic carbocycles. The van der Waals surface area contributed by atoms with Gasteiger partial charge in [0, 0.05) is 0 Å². The Labute approximate surface area is 89.7 Å². The summed E-state index contributed by atoms with van der Waals surface area (Å²) in [6.07, 6.45) is -4.50. The van der Waals surface area contributed by atoms with Crippen molar-refractivity contribution in [3.8, 4) is 11.8 Å². The molecule has 0 N–H and O–H groups in total. The average Bonchev–Trinajstić information content (AvgIpc) is 2.15. The summed E-state index contributed by atoms with van der Waals surface area (Å²) >= 11 is 3.71. The van der Waals surface area contributed by atoms with Crippen LogP contribution in [0, 0.1) is 11.3 Å². The van der Waals surface area contributed by atoms with Gasteiger partial charge in [-0.05, 0) is 12.1 Å². The summed E-state index contributed by atoms with van der Waals surface area (Å²) < 4.78 is 41.9. The Morgan fingerprint density at radius 3 is 2.40 bits per heavy atom. The largest absolute Gasteiger partial charge is 0.494 e. The minimum atomic E-state index is -4.50. The van der Waals surface area contributed by atoms with Crippen LogP contribution in [-0.2, 0) is 6.18 Å². The van der Waals surface area contributed by atoms with Crippen LogP contribution in [0.2, 0.25) is 0 Å². The van der Waals surface area contributed by atoms with E-state index >= 15 is 0 Å². The Bertz CT molecular complexity index is 423. The van der Waals surface area contributed by atoms with E-state index < -0.39 is 11.7 Å². The van der Waals surface area contributed by atoms with Crippen molar-refractivity contribution in [1.29, 1.82) is 5.26 Å². The fourth-order valence-corrected chi connectivity index (χ4v) is 1.51. The highest BCUT2D eigenvalue weighted by Gasteiger charge is 2.34. The molecule has 0 bridgehead atoms.